The summed E-state index contributed by atoms with van der Waals surface area (Å²) in [6.45, 7) is 18.6. The van der Waals surface area contributed by atoms with Crippen LogP contribution in [0.5, 0.6) is 0 Å². The minimum absolute atomic E-state index is 0. The van der Waals surface area contributed by atoms with Gasteiger partial charge in [0.05, 0.1) is 11.3 Å². The number of ketones is 1. The van der Waals surface area contributed by atoms with Gasteiger partial charge in [-0.1, -0.05) is 79.3 Å². The first-order chi connectivity index (χ1) is 16.7. The third-order valence-electron chi connectivity index (χ3n) is 4.77. The summed E-state index contributed by atoms with van der Waals surface area (Å²) >= 11 is 0. The molecule has 0 saturated heterocycles. The Hall–Kier alpha value is -3.45. The smallest absolute Gasteiger partial charge is 0.193 e. The molecule has 1 heterocycles. The molecule has 0 unspecified atom stereocenters. The zero-order chi connectivity index (χ0) is 26.5. The molecule has 188 valence electrons. The van der Waals surface area contributed by atoms with Crippen molar-refractivity contribution >= 4 is 5.78 Å². The lowest BCUT2D eigenvalue weighted by Gasteiger charge is -2.14. The highest BCUT2D eigenvalue weighted by Gasteiger charge is 2.14. The van der Waals surface area contributed by atoms with E-state index in [2.05, 4.69) is 39.5 Å². The quantitative estimate of drug-likeness (QED) is 0.254. The number of hydrogen-bond acceptors (Lipinski definition) is 2. The Bertz CT molecular complexity index is 1180. The van der Waals surface area contributed by atoms with E-state index in [4.69, 9.17) is 0 Å². The molecule has 3 nitrogen and oxygen atoms in total. The second kappa shape index (κ2) is 14.7. The lowest BCUT2D eigenvalue weighted by Crippen LogP contribution is -2.18. The first-order valence-electron chi connectivity index (χ1n) is 12.4. The van der Waals surface area contributed by atoms with Crippen LogP contribution in [0.1, 0.15) is 72.2 Å². The van der Waals surface area contributed by atoms with Gasteiger partial charge in [0.1, 0.15) is 5.82 Å². The lowest BCUT2D eigenvalue weighted by atomic mass is 9.96. The number of rotatable bonds is 7. The van der Waals surface area contributed by atoms with E-state index in [9.17, 15) is 14.0 Å². The third-order valence-corrected chi connectivity index (χ3v) is 4.77. The summed E-state index contributed by atoms with van der Waals surface area (Å²) in [4.78, 5) is 24.5. The van der Waals surface area contributed by atoms with Crippen molar-refractivity contribution in [2.75, 3.05) is 0 Å². The van der Waals surface area contributed by atoms with Crippen LogP contribution in [0, 0.1) is 23.9 Å². The van der Waals surface area contributed by atoms with Crippen LogP contribution < -0.4 is 5.43 Å². The number of aromatic nitrogens is 1. The van der Waals surface area contributed by atoms with Gasteiger partial charge in [-0.25, -0.2) is 4.39 Å². The first-order valence-corrected chi connectivity index (χ1v) is 12.4. The van der Waals surface area contributed by atoms with Crippen LogP contribution in [-0.2, 0) is 13.0 Å². The zero-order valence-electron chi connectivity index (χ0n) is 22.2. The number of nitrogens with zero attached hydrogens (tertiary/aromatic N) is 1. The van der Waals surface area contributed by atoms with Gasteiger partial charge in [0.25, 0.3) is 0 Å². The molecule has 2 aromatic carbocycles. The molecule has 3 rings (SSSR count). The maximum Gasteiger partial charge on any atom is 0.193 e. The standard InChI is InChI=1S/C25H22FNO2.C4H10.C2H6.H2/c1-4-12-27-16-22(24(28)6-3)25(29)15-23(27)19-11-10-17(5-2)21(14-19)18-8-7-9-20(26)13-18;1-4(2)3;1-2;/h6-9,13-16H,3-5,12H2,1-2H3;4H,1-3H3;1-2H3;1H. The molecular formula is C31H40FNO2. The van der Waals surface area contributed by atoms with Crippen LogP contribution in [0.25, 0.3) is 22.4 Å². The molecule has 1 aromatic heterocycles. The Morgan fingerprint density at radius 3 is 2.34 bits per heavy atom. The maximum atomic E-state index is 13.8. The average molecular weight is 478 g/mol. The van der Waals surface area contributed by atoms with Gasteiger partial charge in [0, 0.05) is 31.4 Å². The minimum atomic E-state index is -0.399. The summed E-state index contributed by atoms with van der Waals surface area (Å²) in [6, 6.07) is 16.1. The van der Waals surface area contributed by atoms with Gasteiger partial charge in [0.15, 0.2) is 11.2 Å². The molecule has 0 aliphatic carbocycles. The van der Waals surface area contributed by atoms with Crippen LogP contribution in [0.15, 0.2) is 60.0 Å². The van der Waals surface area contributed by atoms with E-state index in [0.717, 1.165) is 41.5 Å². The fourth-order valence-corrected chi connectivity index (χ4v) is 3.34. The Balaban J connectivity index is 0.00000159. The Labute approximate surface area is 211 Å². The number of carbonyl (C=O) groups is 1. The minimum Gasteiger partial charge on any atom is -0.346 e. The summed E-state index contributed by atoms with van der Waals surface area (Å²) < 4.78 is 15.7. The van der Waals surface area contributed by atoms with Crippen molar-refractivity contribution in [3.05, 3.63) is 94.6 Å². The summed E-state index contributed by atoms with van der Waals surface area (Å²) in [5.41, 5.74) is 3.56. The highest BCUT2D eigenvalue weighted by atomic mass is 19.1. The van der Waals surface area contributed by atoms with Gasteiger partial charge < -0.3 is 4.57 Å². The molecule has 4 heteroatoms. The molecule has 0 aliphatic rings. The van der Waals surface area contributed by atoms with Crippen molar-refractivity contribution in [3.63, 3.8) is 0 Å². The van der Waals surface area contributed by atoms with E-state index < -0.39 is 5.78 Å². The summed E-state index contributed by atoms with van der Waals surface area (Å²) in [6.07, 6.45) is 4.27. The van der Waals surface area contributed by atoms with Gasteiger partial charge in [0.2, 0.25) is 0 Å². The highest BCUT2D eigenvalue weighted by Crippen LogP contribution is 2.28. The number of pyridine rings is 1. The van der Waals surface area contributed by atoms with Crippen molar-refractivity contribution in [1.29, 1.82) is 0 Å². The number of hydrogen-bond donors (Lipinski definition) is 0. The monoisotopic (exact) mass is 477 g/mol. The van der Waals surface area contributed by atoms with Gasteiger partial charge in [-0.3, -0.25) is 9.59 Å². The number of aryl methyl sites for hydroxylation is 1. The molecule has 0 aliphatic heterocycles. The van der Waals surface area contributed by atoms with E-state index in [1.54, 1.807) is 12.3 Å². The topological polar surface area (TPSA) is 39.1 Å². The van der Waals surface area contributed by atoms with E-state index >= 15 is 0 Å². The summed E-state index contributed by atoms with van der Waals surface area (Å²) in [7, 11) is 0. The second-order valence-corrected chi connectivity index (χ2v) is 8.49. The van der Waals surface area contributed by atoms with E-state index in [1.807, 2.05) is 44.4 Å². The van der Waals surface area contributed by atoms with Crippen LogP contribution in [0.3, 0.4) is 0 Å². The van der Waals surface area contributed by atoms with Gasteiger partial charge in [-0.15, -0.1) is 0 Å². The number of carbonyl (C=O) groups excluding carboxylic acids is 1. The maximum absolute atomic E-state index is 13.8. The normalized spacial score (nSPS) is 9.86. The van der Waals surface area contributed by atoms with E-state index in [-0.39, 0.29) is 18.2 Å². The van der Waals surface area contributed by atoms with Crippen molar-refractivity contribution in [3.8, 4) is 22.4 Å². The molecule has 0 saturated carbocycles. The Morgan fingerprint density at radius 2 is 1.80 bits per heavy atom. The fraction of sp³-hybridized carbons (Fsp3) is 0.355. The lowest BCUT2D eigenvalue weighted by molar-refractivity contribution is 0.104. The summed E-state index contributed by atoms with van der Waals surface area (Å²) in [5.74, 6) is 0.123. The molecule has 0 N–H and O–H groups in total. The SMILES string of the molecule is C=CC(=O)c1cn(CCC)c(-c2c#cc(CC)c(-c3cccc(F)c3)c2)cc1=O.CC.CC(C)C.[HH]. The molecule has 0 amide bonds. The third kappa shape index (κ3) is 8.37. The molecule has 0 radical (unpaired) electrons. The number of allylic oxidation sites excluding steroid dienone is 1. The molecule has 0 fully saturated rings. The molecule has 0 spiro atoms. The molecule has 0 atom stereocenters. The predicted molar refractivity (Wildman–Crippen MR) is 147 cm³/mol. The average Bonchev–Trinajstić information content (AvgIpc) is 2.85. The van der Waals surface area contributed by atoms with Crippen molar-refractivity contribution in [1.82, 2.24) is 4.57 Å². The number of halogens is 1. The second-order valence-electron chi connectivity index (χ2n) is 8.49. The van der Waals surface area contributed by atoms with Gasteiger partial charge >= 0.3 is 0 Å². The van der Waals surface area contributed by atoms with Crippen molar-refractivity contribution in [2.24, 2.45) is 5.92 Å². The van der Waals surface area contributed by atoms with Gasteiger partial charge in [-0.2, -0.15) is 0 Å². The largest absolute Gasteiger partial charge is 0.346 e. The number of benzene rings is 1. The molecule has 35 heavy (non-hydrogen) atoms. The highest BCUT2D eigenvalue weighted by molar-refractivity contribution is 6.04. The zero-order valence-corrected chi connectivity index (χ0v) is 22.2. The fourth-order valence-electron chi connectivity index (χ4n) is 3.34. The Kier molecular flexibility index (Phi) is 12.5. The predicted octanol–water partition coefficient (Wildman–Crippen LogP) is 8.20. The van der Waals surface area contributed by atoms with Crippen LogP contribution >= 0.6 is 0 Å². The Morgan fingerprint density at radius 1 is 1.14 bits per heavy atom. The molecular weight excluding hydrogens is 437 g/mol. The molecule has 3 aromatic rings. The summed E-state index contributed by atoms with van der Waals surface area (Å²) in [5, 5.41) is 0. The van der Waals surface area contributed by atoms with Crippen molar-refractivity contribution in [2.45, 2.75) is 67.9 Å². The first kappa shape index (κ1) is 29.6. The van der Waals surface area contributed by atoms with Gasteiger partial charge in [-0.05, 0) is 54.2 Å². The molecule has 0 bridgehead atoms. The van der Waals surface area contributed by atoms with Crippen LogP contribution in [-0.4, -0.2) is 10.4 Å². The van der Waals surface area contributed by atoms with Crippen LogP contribution in [0.2, 0.25) is 0 Å². The van der Waals surface area contributed by atoms with E-state index in [1.165, 1.54) is 18.2 Å². The van der Waals surface area contributed by atoms with Crippen LogP contribution in [0.4, 0.5) is 4.39 Å². The van der Waals surface area contributed by atoms with Crippen molar-refractivity contribution < 1.29 is 10.6 Å². The van der Waals surface area contributed by atoms with E-state index in [0.29, 0.717) is 17.8 Å².